The molecule has 116 valence electrons. The molecule has 0 aromatic carbocycles. The molecular weight excluding hydrogens is 300 g/mol. The Labute approximate surface area is 132 Å². The summed E-state index contributed by atoms with van der Waals surface area (Å²) in [5.74, 6) is 2.49. The second kappa shape index (κ2) is 5.42. The van der Waals surface area contributed by atoms with Crippen molar-refractivity contribution in [3.05, 3.63) is 16.7 Å². The minimum Gasteiger partial charge on any atom is -0.300 e. The Morgan fingerprint density at radius 3 is 2.77 bits per heavy atom. The van der Waals surface area contributed by atoms with Gasteiger partial charge in [0.05, 0.1) is 6.42 Å². The van der Waals surface area contributed by atoms with Crippen LogP contribution in [0, 0.1) is 0 Å². The summed E-state index contributed by atoms with van der Waals surface area (Å²) in [7, 11) is 1.83. The Kier molecular flexibility index (Phi) is 3.40. The molecule has 0 spiro atoms. The zero-order valence-corrected chi connectivity index (χ0v) is 13.3. The van der Waals surface area contributed by atoms with Crippen molar-refractivity contribution in [1.29, 1.82) is 0 Å². The normalized spacial score (nSPS) is 18.2. The van der Waals surface area contributed by atoms with Gasteiger partial charge < -0.3 is 5.32 Å². The quantitative estimate of drug-likeness (QED) is 0.911. The molecular formula is C14H18N6OS. The smallest absolute Gasteiger partial charge is 0.233 e. The van der Waals surface area contributed by atoms with Crippen molar-refractivity contribution >= 4 is 22.4 Å². The van der Waals surface area contributed by atoms with Gasteiger partial charge in [-0.15, -0.1) is 10.2 Å². The first-order valence-corrected chi connectivity index (χ1v) is 8.54. The number of anilines is 1. The number of hydrogen-bond acceptors (Lipinski definition) is 6. The van der Waals surface area contributed by atoms with Crippen LogP contribution in [0.3, 0.4) is 0 Å². The zero-order chi connectivity index (χ0) is 15.1. The zero-order valence-electron chi connectivity index (χ0n) is 12.4. The number of nitrogens with one attached hydrogen (secondary N) is 1. The third-order valence-corrected chi connectivity index (χ3v) is 5.27. The molecule has 1 amide bonds. The lowest BCUT2D eigenvalue weighted by atomic mass is 9.86. The van der Waals surface area contributed by atoms with E-state index in [0.717, 1.165) is 23.7 Å². The molecule has 0 unspecified atom stereocenters. The van der Waals surface area contributed by atoms with Gasteiger partial charge in [-0.25, -0.2) is 4.98 Å². The fourth-order valence-corrected chi connectivity index (χ4v) is 3.45. The summed E-state index contributed by atoms with van der Waals surface area (Å²) >= 11 is 1.48. The van der Waals surface area contributed by atoms with Crippen molar-refractivity contribution in [3.8, 4) is 0 Å². The van der Waals surface area contributed by atoms with Gasteiger partial charge in [-0.05, 0) is 25.7 Å². The minimum absolute atomic E-state index is 0.117. The third-order valence-electron chi connectivity index (χ3n) is 4.27. The summed E-state index contributed by atoms with van der Waals surface area (Å²) in [5.41, 5.74) is 0. The van der Waals surface area contributed by atoms with E-state index in [1.165, 1.54) is 30.6 Å². The summed E-state index contributed by atoms with van der Waals surface area (Å²) in [5, 5.41) is 17.0. The lowest BCUT2D eigenvalue weighted by Gasteiger charge is -2.21. The minimum atomic E-state index is -0.117. The van der Waals surface area contributed by atoms with E-state index in [2.05, 4.69) is 25.6 Å². The Bertz CT molecular complexity index is 700. The van der Waals surface area contributed by atoms with Crippen LogP contribution in [0.15, 0.2) is 0 Å². The molecule has 2 aromatic rings. The van der Waals surface area contributed by atoms with Gasteiger partial charge in [0.15, 0.2) is 5.82 Å². The van der Waals surface area contributed by atoms with Crippen LogP contribution in [0.2, 0.25) is 0 Å². The van der Waals surface area contributed by atoms with Crippen LogP contribution in [0.25, 0.3) is 0 Å². The van der Waals surface area contributed by atoms with Gasteiger partial charge in [-0.1, -0.05) is 17.8 Å². The summed E-state index contributed by atoms with van der Waals surface area (Å²) in [6, 6.07) is 0. The number of rotatable bonds is 5. The highest BCUT2D eigenvalue weighted by molar-refractivity contribution is 7.15. The van der Waals surface area contributed by atoms with Crippen molar-refractivity contribution in [2.24, 2.45) is 7.05 Å². The van der Waals surface area contributed by atoms with E-state index in [9.17, 15) is 4.79 Å². The highest BCUT2D eigenvalue weighted by Gasteiger charge is 2.29. The van der Waals surface area contributed by atoms with E-state index in [1.807, 2.05) is 7.05 Å². The lowest BCUT2D eigenvalue weighted by molar-refractivity contribution is -0.115. The molecule has 2 aromatic heterocycles. The molecule has 0 saturated heterocycles. The third kappa shape index (κ3) is 2.75. The second-order valence-corrected chi connectivity index (χ2v) is 7.09. The summed E-state index contributed by atoms with van der Waals surface area (Å²) in [6.45, 7) is 0. The monoisotopic (exact) mass is 318 g/mol. The van der Waals surface area contributed by atoms with Crippen LogP contribution in [0.1, 0.15) is 60.6 Å². The summed E-state index contributed by atoms with van der Waals surface area (Å²) < 4.78 is 1.70. The number of amides is 1. The average Bonchev–Trinajstić information content (AvgIpc) is 3.08. The van der Waals surface area contributed by atoms with Gasteiger partial charge in [0.25, 0.3) is 0 Å². The highest BCUT2D eigenvalue weighted by Crippen LogP contribution is 2.39. The molecule has 0 radical (unpaired) electrons. The van der Waals surface area contributed by atoms with Crippen LogP contribution >= 0.6 is 11.3 Å². The number of carbonyl (C=O) groups excluding carboxylic acids is 1. The number of hydrogen-bond donors (Lipinski definition) is 1. The molecule has 2 heterocycles. The fourth-order valence-electron chi connectivity index (χ4n) is 2.52. The molecule has 2 fully saturated rings. The molecule has 0 atom stereocenters. The second-order valence-electron chi connectivity index (χ2n) is 6.08. The van der Waals surface area contributed by atoms with Gasteiger partial charge in [0.1, 0.15) is 10.8 Å². The van der Waals surface area contributed by atoms with Crippen LogP contribution < -0.4 is 5.32 Å². The molecule has 0 aliphatic heterocycles. The van der Waals surface area contributed by atoms with Crippen LogP contribution in [-0.4, -0.2) is 30.9 Å². The molecule has 1 N–H and O–H groups in total. The SMILES string of the molecule is Cn1nc(C2CC2)nc1CC(=O)Nc1nnc(C2CCC2)s1. The Balaban J connectivity index is 1.38. The molecule has 22 heavy (non-hydrogen) atoms. The van der Waals surface area contributed by atoms with E-state index < -0.39 is 0 Å². The largest absolute Gasteiger partial charge is 0.300 e. The van der Waals surface area contributed by atoms with E-state index in [1.54, 1.807) is 4.68 Å². The van der Waals surface area contributed by atoms with Gasteiger partial charge in [0, 0.05) is 18.9 Å². The van der Waals surface area contributed by atoms with E-state index in [0.29, 0.717) is 22.8 Å². The van der Waals surface area contributed by atoms with Crippen molar-refractivity contribution in [2.45, 2.75) is 50.4 Å². The lowest BCUT2D eigenvalue weighted by Crippen LogP contribution is -2.17. The molecule has 0 bridgehead atoms. The number of carbonyl (C=O) groups is 1. The van der Waals surface area contributed by atoms with Crippen LogP contribution in [0.5, 0.6) is 0 Å². The molecule has 2 aliphatic carbocycles. The van der Waals surface area contributed by atoms with E-state index >= 15 is 0 Å². The Morgan fingerprint density at radius 2 is 2.09 bits per heavy atom. The first kappa shape index (κ1) is 13.8. The van der Waals surface area contributed by atoms with Gasteiger partial charge in [0.2, 0.25) is 11.0 Å². The predicted molar refractivity (Wildman–Crippen MR) is 81.8 cm³/mol. The maximum absolute atomic E-state index is 12.1. The number of aryl methyl sites for hydroxylation is 1. The fraction of sp³-hybridized carbons (Fsp3) is 0.643. The first-order valence-electron chi connectivity index (χ1n) is 7.72. The van der Waals surface area contributed by atoms with Gasteiger partial charge in [-0.2, -0.15) is 5.10 Å². The number of nitrogens with zero attached hydrogens (tertiary/aromatic N) is 5. The van der Waals surface area contributed by atoms with E-state index in [-0.39, 0.29) is 12.3 Å². The van der Waals surface area contributed by atoms with Gasteiger partial charge >= 0.3 is 0 Å². The van der Waals surface area contributed by atoms with Crippen molar-refractivity contribution in [1.82, 2.24) is 25.0 Å². The molecule has 7 nitrogen and oxygen atoms in total. The summed E-state index contributed by atoms with van der Waals surface area (Å²) in [6.07, 6.45) is 6.17. The van der Waals surface area contributed by atoms with Crippen LogP contribution in [0.4, 0.5) is 5.13 Å². The summed E-state index contributed by atoms with van der Waals surface area (Å²) in [4.78, 5) is 16.6. The topological polar surface area (TPSA) is 85.6 Å². The molecule has 2 saturated carbocycles. The molecule has 2 aliphatic rings. The van der Waals surface area contributed by atoms with E-state index in [4.69, 9.17) is 0 Å². The standard InChI is InChI=1S/C14H18N6OS/c1-20-10(15-12(19-20)8-5-6-8)7-11(21)16-14-18-17-13(22-14)9-3-2-4-9/h8-9H,2-7H2,1H3,(H,16,18,21). The predicted octanol–water partition coefficient (Wildman–Crippen LogP) is 1.99. The van der Waals surface area contributed by atoms with Crippen LogP contribution in [-0.2, 0) is 18.3 Å². The highest BCUT2D eigenvalue weighted by atomic mass is 32.1. The van der Waals surface area contributed by atoms with Crippen molar-refractivity contribution in [3.63, 3.8) is 0 Å². The Morgan fingerprint density at radius 1 is 1.27 bits per heavy atom. The maximum Gasteiger partial charge on any atom is 0.233 e. The molecule has 8 heteroatoms. The van der Waals surface area contributed by atoms with Crippen molar-refractivity contribution < 1.29 is 4.79 Å². The van der Waals surface area contributed by atoms with Crippen molar-refractivity contribution in [2.75, 3.05) is 5.32 Å². The maximum atomic E-state index is 12.1. The number of aromatic nitrogens is 5. The Hall–Kier alpha value is -1.83. The first-order chi connectivity index (χ1) is 10.7. The van der Waals surface area contributed by atoms with Gasteiger partial charge in [-0.3, -0.25) is 9.48 Å². The average molecular weight is 318 g/mol. The molecule has 4 rings (SSSR count).